The number of benzene rings is 1. The maximum atomic E-state index is 13.4. The molecular weight excluding hydrogens is 319 g/mol. The molecule has 2 rings (SSSR count). The summed E-state index contributed by atoms with van der Waals surface area (Å²) in [6.45, 7) is 3.02. The average molecular weight is 345 g/mol. The van der Waals surface area contributed by atoms with Crippen LogP contribution in [0.2, 0.25) is 0 Å². The van der Waals surface area contributed by atoms with Gasteiger partial charge in [-0.15, -0.1) is 12.4 Å². The van der Waals surface area contributed by atoms with E-state index in [1.807, 2.05) is 11.9 Å². The number of hydrogen-bond acceptors (Lipinski definition) is 3. The summed E-state index contributed by atoms with van der Waals surface area (Å²) >= 11 is 0. The lowest BCUT2D eigenvalue weighted by Crippen LogP contribution is -2.42. The molecule has 6 heteroatoms. The van der Waals surface area contributed by atoms with E-state index in [9.17, 15) is 9.18 Å². The molecule has 0 aromatic heterocycles. The Morgan fingerprint density at radius 3 is 2.96 bits per heavy atom. The maximum absolute atomic E-state index is 13.4. The van der Waals surface area contributed by atoms with Gasteiger partial charge in [-0.2, -0.15) is 0 Å². The number of amides is 1. The molecular formula is C17H26ClFN2O2. The van der Waals surface area contributed by atoms with Crippen LogP contribution in [0, 0.1) is 11.7 Å². The van der Waals surface area contributed by atoms with Crippen LogP contribution >= 0.6 is 12.4 Å². The topological polar surface area (TPSA) is 41.6 Å². The summed E-state index contributed by atoms with van der Waals surface area (Å²) < 4.78 is 18.8. The molecule has 0 radical (unpaired) electrons. The number of carbonyl (C=O) groups excluding carboxylic acids is 1. The molecule has 0 bridgehead atoms. The van der Waals surface area contributed by atoms with Crippen LogP contribution in [0.5, 0.6) is 5.75 Å². The van der Waals surface area contributed by atoms with Gasteiger partial charge in [0.15, 0.2) is 11.6 Å². The third-order valence-corrected chi connectivity index (χ3v) is 3.99. The minimum absolute atomic E-state index is 0. The Balaban J connectivity index is 0.00000264. The van der Waals surface area contributed by atoms with E-state index in [0.29, 0.717) is 25.4 Å². The molecule has 1 saturated heterocycles. The van der Waals surface area contributed by atoms with Gasteiger partial charge in [0.05, 0.1) is 6.61 Å². The standard InChI is InChI=1S/C17H25FN2O2.ClH/c1-19-12-14-6-4-10-20(13-14)17(21)9-5-11-22-16-8-3-2-7-15(16)18;/h2-3,7-8,14,19H,4-6,9-13H2,1H3;1H. The van der Waals surface area contributed by atoms with Crippen molar-refractivity contribution in [1.29, 1.82) is 0 Å². The number of ether oxygens (including phenoxy) is 1. The van der Waals surface area contributed by atoms with Crippen LogP contribution < -0.4 is 10.1 Å². The highest BCUT2D eigenvalue weighted by atomic mass is 35.5. The number of rotatable bonds is 7. The zero-order chi connectivity index (χ0) is 15.8. The van der Waals surface area contributed by atoms with Crippen molar-refractivity contribution < 1.29 is 13.9 Å². The summed E-state index contributed by atoms with van der Waals surface area (Å²) in [5, 5.41) is 3.18. The predicted molar refractivity (Wildman–Crippen MR) is 91.6 cm³/mol. The molecule has 1 aliphatic heterocycles. The summed E-state index contributed by atoms with van der Waals surface area (Å²) in [5.74, 6) is 0.622. The van der Waals surface area contributed by atoms with Gasteiger partial charge in [0, 0.05) is 19.5 Å². The summed E-state index contributed by atoms with van der Waals surface area (Å²) in [4.78, 5) is 14.2. The molecule has 0 spiro atoms. The van der Waals surface area contributed by atoms with E-state index in [4.69, 9.17) is 4.74 Å². The van der Waals surface area contributed by atoms with E-state index in [2.05, 4.69) is 5.32 Å². The number of hydrogen-bond donors (Lipinski definition) is 1. The average Bonchev–Trinajstić information content (AvgIpc) is 2.53. The zero-order valence-electron chi connectivity index (χ0n) is 13.6. The molecule has 0 saturated carbocycles. The number of nitrogens with one attached hydrogen (secondary N) is 1. The minimum Gasteiger partial charge on any atom is -0.491 e. The number of halogens is 2. The normalized spacial score (nSPS) is 17.5. The first-order valence-electron chi connectivity index (χ1n) is 8.00. The van der Waals surface area contributed by atoms with E-state index < -0.39 is 0 Å². The summed E-state index contributed by atoms with van der Waals surface area (Å²) in [7, 11) is 1.95. The van der Waals surface area contributed by atoms with E-state index in [1.165, 1.54) is 12.5 Å². The molecule has 1 fully saturated rings. The van der Waals surface area contributed by atoms with Gasteiger partial charge >= 0.3 is 0 Å². The number of para-hydroxylation sites is 1. The Morgan fingerprint density at radius 1 is 1.43 bits per heavy atom. The lowest BCUT2D eigenvalue weighted by atomic mass is 9.97. The second-order valence-corrected chi connectivity index (χ2v) is 5.79. The van der Waals surface area contributed by atoms with Gasteiger partial charge in [-0.05, 0) is 50.9 Å². The van der Waals surface area contributed by atoms with Crippen LogP contribution in [0.15, 0.2) is 24.3 Å². The molecule has 1 aromatic carbocycles. The molecule has 1 aromatic rings. The fourth-order valence-corrected chi connectivity index (χ4v) is 2.87. The van der Waals surface area contributed by atoms with Gasteiger partial charge < -0.3 is 15.0 Å². The summed E-state index contributed by atoms with van der Waals surface area (Å²) in [6, 6.07) is 6.34. The van der Waals surface area contributed by atoms with Gasteiger partial charge in [-0.3, -0.25) is 4.79 Å². The van der Waals surface area contributed by atoms with E-state index >= 15 is 0 Å². The second kappa shape index (κ2) is 10.4. The van der Waals surface area contributed by atoms with Crippen LogP contribution in [-0.4, -0.2) is 44.1 Å². The Bertz CT molecular complexity index is 485. The van der Waals surface area contributed by atoms with Gasteiger partial charge in [-0.1, -0.05) is 12.1 Å². The Morgan fingerprint density at radius 2 is 2.22 bits per heavy atom. The van der Waals surface area contributed by atoms with Crippen molar-refractivity contribution >= 4 is 18.3 Å². The second-order valence-electron chi connectivity index (χ2n) is 5.79. The highest BCUT2D eigenvalue weighted by molar-refractivity contribution is 5.85. The maximum Gasteiger partial charge on any atom is 0.222 e. The van der Waals surface area contributed by atoms with Crippen molar-refractivity contribution in [3.63, 3.8) is 0 Å². The first-order chi connectivity index (χ1) is 10.7. The Hall–Kier alpha value is -1.33. The molecule has 130 valence electrons. The van der Waals surface area contributed by atoms with Crippen molar-refractivity contribution in [2.75, 3.05) is 33.3 Å². The first-order valence-corrected chi connectivity index (χ1v) is 8.00. The monoisotopic (exact) mass is 344 g/mol. The Labute approximate surface area is 143 Å². The number of carbonyl (C=O) groups is 1. The minimum atomic E-state index is -0.361. The van der Waals surface area contributed by atoms with Crippen LogP contribution in [-0.2, 0) is 4.79 Å². The highest BCUT2D eigenvalue weighted by Gasteiger charge is 2.22. The van der Waals surface area contributed by atoms with Gasteiger partial charge in [-0.25, -0.2) is 4.39 Å². The quantitative estimate of drug-likeness (QED) is 0.773. The van der Waals surface area contributed by atoms with E-state index in [1.54, 1.807) is 18.2 Å². The molecule has 1 heterocycles. The summed E-state index contributed by atoms with van der Waals surface area (Å²) in [5.41, 5.74) is 0. The van der Waals surface area contributed by atoms with Gasteiger partial charge in [0.2, 0.25) is 5.91 Å². The third kappa shape index (κ3) is 6.36. The van der Waals surface area contributed by atoms with Crippen LogP contribution in [0.1, 0.15) is 25.7 Å². The van der Waals surface area contributed by atoms with E-state index in [-0.39, 0.29) is 29.9 Å². The van der Waals surface area contributed by atoms with Crippen LogP contribution in [0.3, 0.4) is 0 Å². The number of likely N-dealkylation sites (tertiary alicyclic amines) is 1. The van der Waals surface area contributed by atoms with Gasteiger partial charge in [0.1, 0.15) is 0 Å². The van der Waals surface area contributed by atoms with Crippen molar-refractivity contribution in [1.82, 2.24) is 10.2 Å². The Kier molecular flexibility index (Phi) is 8.95. The molecule has 1 atom stereocenters. The fourth-order valence-electron chi connectivity index (χ4n) is 2.87. The van der Waals surface area contributed by atoms with Crippen molar-refractivity contribution in [3.05, 3.63) is 30.1 Å². The zero-order valence-corrected chi connectivity index (χ0v) is 14.4. The first kappa shape index (κ1) is 19.7. The molecule has 4 nitrogen and oxygen atoms in total. The molecule has 1 amide bonds. The lowest BCUT2D eigenvalue weighted by molar-refractivity contribution is -0.133. The molecule has 1 unspecified atom stereocenters. The SMILES string of the molecule is CNCC1CCCN(C(=O)CCCOc2ccccc2F)C1.Cl. The summed E-state index contributed by atoms with van der Waals surface area (Å²) in [6.07, 6.45) is 3.33. The van der Waals surface area contributed by atoms with Crippen LogP contribution in [0.25, 0.3) is 0 Å². The predicted octanol–water partition coefficient (Wildman–Crippen LogP) is 2.86. The fraction of sp³-hybridized carbons (Fsp3) is 0.588. The molecule has 1 aliphatic rings. The largest absolute Gasteiger partial charge is 0.491 e. The highest BCUT2D eigenvalue weighted by Crippen LogP contribution is 2.18. The van der Waals surface area contributed by atoms with Crippen molar-refractivity contribution in [2.45, 2.75) is 25.7 Å². The number of nitrogens with zero attached hydrogens (tertiary/aromatic N) is 1. The van der Waals surface area contributed by atoms with Gasteiger partial charge in [0.25, 0.3) is 0 Å². The van der Waals surface area contributed by atoms with E-state index in [0.717, 1.165) is 26.1 Å². The smallest absolute Gasteiger partial charge is 0.222 e. The van der Waals surface area contributed by atoms with Crippen molar-refractivity contribution in [2.24, 2.45) is 5.92 Å². The van der Waals surface area contributed by atoms with Crippen LogP contribution in [0.4, 0.5) is 4.39 Å². The lowest BCUT2D eigenvalue weighted by Gasteiger charge is -2.32. The molecule has 23 heavy (non-hydrogen) atoms. The van der Waals surface area contributed by atoms with Crippen molar-refractivity contribution in [3.8, 4) is 5.75 Å². The number of piperidine rings is 1. The molecule has 0 aliphatic carbocycles. The third-order valence-electron chi connectivity index (χ3n) is 3.99. The molecule has 1 N–H and O–H groups in total.